The van der Waals surface area contributed by atoms with Crippen molar-refractivity contribution in [2.45, 2.75) is 17.7 Å². The molecule has 5 nitrogen and oxygen atoms in total. The minimum absolute atomic E-state index is 0.0924. The first kappa shape index (κ1) is 19.9. The normalized spacial score (nSPS) is 11.0. The summed E-state index contributed by atoms with van der Waals surface area (Å²) in [6.07, 6.45) is 0.989. The molecule has 0 aliphatic carbocycles. The highest BCUT2D eigenvalue weighted by Gasteiger charge is 2.14. The van der Waals surface area contributed by atoms with Gasteiger partial charge in [-0.25, -0.2) is 8.42 Å². The number of aryl methyl sites for hydroxylation is 1. The molecule has 28 heavy (non-hydrogen) atoms. The molecule has 3 aromatic carbocycles. The van der Waals surface area contributed by atoms with Crippen LogP contribution in [-0.4, -0.2) is 14.3 Å². The van der Waals surface area contributed by atoms with E-state index in [0.717, 1.165) is 5.56 Å². The molecule has 0 fully saturated rings. The molecule has 0 aliphatic rings. The lowest BCUT2D eigenvalue weighted by atomic mass is 10.1. The molecule has 3 rings (SSSR count). The van der Waals surface area contributed by atoms with Gasteiger partial charge in [0.1, 0.15) is 0 Å². The van der Waals surface area contributed by atoms with Crippen LogP contribution in [0.4, 0.5) is 11.4 Å². The van der Waals surface area contributed by atoms with E-state index in [4.69, 9.17) is 11.6 Å². The Morgan fingerprint density at radius 3 is 2.25 bits per heavy atom. The van der Waals surface area contributed by atoms with Crippen LogP contribution in [0.1, 0.15) is 12.0 Å². The van der Waals surface area contributed by atoms with Crippen molar-refractivity contribution in [1.82, 2.24) is 0 Å². The van der Waals surface area contributed by atoms with Gasteiger partial charge in [0.25, 0.3) is 10.0 Å². The van der Waals surface area contributed by atoms with Crippen LogP contribution in [0.3, 0.4) is 0 Å². The molecule has 2 N–H and O–H groups in total. The van der Waals surface area contributed by atoms with Crippen molar-refractivity contribution in [1.29, 1.82) is 0 Å². The summed E-state index contributed by atoms with van der Waals surface area (Å²) in [5, 5.41) is 3.22. The number of sulfonamides is 1. The van der Waals surface area contributed by atoms with Crippen LogP contribution in [0.5, 0.6) is 0 Å². The molecule has 0 aromatic heterocycles. The maximum Gasteiger partial charge on any atom is 0.261 e. The molecule has 0 spiro atoms. The molecule has 1 amide bonds. The number of carbonyl (C=O) groups is 1. The van der Waals surface area contributed by atoms with Gasteiger partial charge in [0.15, 0.2) is 0 Å². The Labute approximate surface area is 169 Å². The Hall–Kier alpha value is -2.83. The molecule has 0 aliphatic heterocycles. The topological polar surface area (TPSA) is 75.3 Å². The zero-order chi connectivity index (χ0) is 20.0. The van der Waals surface area contributed by atoms with Crippen molar-refractivity contribution in [2.24, 2.45) is 0 Å². The molecule has 0 unspecified atom stereocenters. The lowest BCUT2D eigenvalue weighted by molar-refractivity contribution is -0.116. The molecular formula is C21H19ClN2O3S. The summed E-state index contributed by atoms with van der Waals surface area (Å²) in [6, 6.07) is 22.2. The summed E-state index contributed by atoms with van der Waals surface area (Å²) in [7, 11) is -3.74. The number of benzene rings is 3. The summed E-state index contributed by atoms with van der Waals surface area (Å²) in [5.41, 5.74) is 2.01. The van der Waals surface area contributed by atoms with Crippen LogP contribution in [0, 0.1) is 0 Å². The highest BCUT2D eigenvalue weighted by Crippen LogP contribution is 2.21. The zero-order valence-corrected chi connectivity index (χ0v) is 16.5. The van der Waals surface area contributed by atoms with Crippen molar-refractivity contribution >= 4 is 38.9 Å². The number of nitrogens with one attached hydrogen (secondary N) is 2. The third-order valence-corrected chi connectivity index (χ3v) is 5.64. The number of rotatable bonds is 7. The first-order valence-electron chi connectivity index (χ1n) is 8.65. The predicted molar refractivity (Wildman–Crippen MR) is 112 cm³/mol. The summed E-state index contributed by atoms with van der Waals surface area (Å²) >= 11 is 5.88. The molecule has 0 saturated carbocycles. The molecule has 0 bridgehead atoms. The van der Waals surface area contributed by atoms with Crippen LogP contribution in [0.15, 0.2) is 83.8 Å². The molecule has 0 radical (unpaired) electrons. The highest BCUT2D eigenvalue weighted by atomic mass is 35.5. The summed E-state index contributed by atoms with van der Waals surface area (Å²) < 4.78 is 27.4. The van der Waals surface area contributed by atoms with Crippen LogP contribution < -0.4 is 10.0 Å². The fourth-order valence-corrected chi connectivity index (χ4v) is 3.85. The third kappa shape index (κ3) is 5.58. The Bertz CT molecular complexity index is 1050. The fourth-order valence-electron chi connectivity index (χ4n) is 2.61. The lowest BCUT2D eigenvalue weighted by Crippen LogP contribution is -2.14. The van der Waals surface area contributed by atoms with Gasteiger partial charge in [-0.15, -0.1) is 0 Å². The van der Waals surface area contributed by atoms with Crippen molar-refractivity contribution < 1.29 is 13.2 Å². The van der Waals surface area contributed by atoms with E-state index in [1.54, 1.807) is 30.3 Å². The third-order valence-electron chi connectivity index (χ3n) is 4.01. The number of halogens is 1. The van der Waals surface area contributed by atoms with Crippen LogP contribution in [-0.2, 0) is 21.2 Å². The van der Waals surface area contributed by atoms with Gasteiger partial charge < -0.3 is 5.32 Å². The molecule has 0 saturated heterocycles. The Morgan fingerprint density at radius 1 is 0.857 bits per heavy atom. The van der Waals surface area contributed by atoms with Gasteiger partial charge in [-0.1, -0.05) is 48.0 Å². The summed E-state index contributed by atoms with van der Waals surface area (Å²) in [5.74, 6) is -0.128. The minimum atomic E-state index is -3.74. The molecule has 0 heterocycles. The molecule has 3 aromatic rings. The van der Waals surface area contributed by atoms with E-state index in [-0.39, 0.29) is 10.8 Å². The van der Waals surface area contributed by atoms with Crippen molar-refractivity contribution in [3.63, 3.8) is 0 Å². The van der Waals surface area contributed by atoms with Gasteiger partial charge >= 0.3 is 0 Å². The number of amides is 1. The van der Waals surface area contributed by atoms with Crippen molar-refractivity contribution in [2.75, 3.05) is 10.0 Å². The van der Waals surface area contributed by atoms with Gasteiger partial charge in [-0.2, -0.15) is 0 Å². The minimum Gasteiger partial charge on any atom is -0.326 e. The quantitative estimate of drug-likeness (QED) is 0.587. The van der Waals surface area contributed by atoms with E-state index in [2.05, 4.69) is 10.0 Å². The highest BCUT2D eigenvalue weighted by molar-refractivity contribution is 7.92. The largest absolute Gasteiger partial charge is 0.326 e. The number of hydrogen-bond acceptors (Lipinski definition) is 3. The SMILES string of the molecule is O=C(CCc1ccccc1)Nc1ccc(S(=O)(=O)Nc2cccc(Cl)c2)cc1. The second-order valence-corrected chi connectivity index (χ2v) is 8.29. The number of hydrogen-bond donors (Lipinski definition) is 2. The molecule has 144 valence electrons. The van der Waals surface area contributed by atoms with Crippen LogP contribution in [0.25, 0.3) is 0 Å². The smallest absolute Gasteiger partial charge is 0.261 e. The predicted octanol–water partition coefficient (Wildman–Crippen LogP) is 4.71. The van der Waals surface area contributed by atoms with Gasteiger partial charge in [-0.05, 0) is 54.4 Å². The van der Waals surface area contributed by atoms with E-state index in [9.17, 15) is 13.2 Å². The monoisotopic (exact) mass is 414 g/mol. The van der Waals surface area contributed by atoms with E-state index in [0.29, 0.717) is 29.2 Å². The van der Waals surface area contributed by atoms with Gasteiger partial charge in [0.05, 0.1) is 10.6 Å². The van der Waals surface area contributed by atoms with E-state index in [1.165, 1.54) is 18.2 Å². The molecule has 0 atom stereocenters. The summed E-state index contributed by atoms with van der Waals surface area (Å²) in [6.45, 7) is 0. The second-order valence-electron chi connectivity index (χ2n) is 6.17. The van der Waals surface area contributed by atoms with Gasteiger partial charge in [0.2, 0.25) is 5.91 Å². The summed E-state index contributed by atoms with van der Waals surface area (Å²) in [4.78, 5) is 12.2. The van der Waals surface area contributed by atoms with Crippen molar-refractivity contribution in [3.8, 4) is 0 Å². The standard InChI is InChI=1S/C21H19ClN2O3S/c22-17-7-4-8-19(15-17)24-28(26,27)20-12-10-18(11-13-20)23-21(25)14-9-16-5-2-1-3-6-16/h1-8,10-13,15,24H,9,14H2,(H,23,25). The Kier molecular flexibility index (Phi) is 6.34. The Morgan fingerprint density at radius 2 is 1.57 bits per heavy atom. The first-order valence-corrected chi connectivity index (χ1v) is 10.5. The number of carbonyl (C=O) groups excluding carboxylic acids is 1. The Balaban J connectivity index is 1.60. The second kappa shape index (κ2) is 8.91. The zero-order valence-electron chi connectivity index (χ0n) is 14.9. The number of anilines is 2. The fraction of sp³-hybridized carbons (Fsp3) is 0.0952. The van der Waals surface area contributed by atoms with E-state index >= 15 is 0 Å². The van der Waals surface area contributed by atoms with E-state index in [1.807, 2.05) is 30.3 Å². The van der Waals surface area contributed by atoms with Gasteiger partial charge in [-0.3, -0.25) is 9.52 Å². The van der Waals surface area contributed by atoms with E-state index < -0.39 is 10.0 Å². The maximum atomic E-state index is 12.5. The lowest BCUT2D eigenvalue weighted by Gasteiger charge is -2.10. The average Bonchev–Trinajstić information content (AvgIpc) is 2.67. The first-order chi connectivity index (χ1) is 13.4. The van der Waals surface area contributed by atoms with Crippen LogP contribution >= 0.6 is 11.6 Å². The van der Waals surface area contributed by atoms with Crippen molar-refractivity contribution in [3.05, 3.63) is 89.4 Å². The molecular weight excluding hydrogens is 396 g/mol. The maximum absolute atomic E-state index is 12.5. The van der Waals surface area contributed by atoms with Gasteiger partial charge in [0, 0.05) is 17.1 Å². The van der Waals surface area contributed by atoms with Crippen LogP contribution in [0.2, 0.25) is 5.02 Å². The average molecular weight is 415 g/mol. The molecule has 7 heteroatoms.